The average Bonchev–Trinajstić information content (AvgIpc) is 2.87. The molecule has 0 saturated heterocycles. The van der Waals surface area contributed by atoms with E-state index in [0.717, 1.165) is 5.57 Å². The lowest BCUT2D eigenvalue weighted by molar-refractivity contribution is 0.184. The Balaban J connectivity index is 2.25. The van der Waals surface area contributed by atoms with Crippen LogP contribution in [0.15, 0.2) is 33.0 Å². The fourth-order valence-corrected chi connectivity index (χ4v) is 3.89. The van der Waals surface area contributed by atoms with E-state index >= 15 is 0 Å². The summed E-state index contributed by atoms with van der Waals surface area (Å²) >= 11 is 0. The largest absolute Gasteiger partial charge is 0.507 e. The van der Waals surface area contributed by atoms with Crippen molar-refractivity contribution in [1.82, 2.24) is 0 Å². The highest BCUT2D eigenvalue weighted by molar-refractivity contribution is 5.99. The van der Waals surface area contributed by atoms with Gasteiger partial charge in [0.15, 0.2) is 11.3 Å². The molecule has 0 unspecified atom stereocenters. The second kappa shape index (κ2) is 6.17. The Bertz CT molecular complexity index is 1260. The third-order valence-corrected chi connectivity index (χ3v) is 5.93. The Morgan fingerprint density at radius 2 is 1.83 bits per heavy atom. The molecule has 2 aromatic carbocycles. The second-order valence-corrected chi connectivity index (χ2v) is 8.44. The quantitative estimate of drug-likeness (QED) is 0.332. The summed E-state index contributed by atoms with van der Waals surface area (Å²) in [6, 6.07) is 2.60. The van der Waals surface area contributed by atoms with Crippen LogP contribution in [0.1, 0.15) is 45.7 Å². The minimum absolute atomic E-state index is 0.0595. The number of hydrogen-bond acceptors (Lipinski definition) is 6. The van der Waals surface area contributed by atoms with Crippen molar-refractivity contribution in [3.63, 3.8) is 0 Å². The SMILES string of the molecule is CC(C)=CCc1c2c(c(O)c3c(=O)c4ccc(O)c(O)c4oc13)C(C)(C)[C@@H](C)O2. The van der Waals surface area contributed by atoms with Gasteiger partial charge in [0.2, 0.25) is 11.2 Å². The molecule has 0 saturated carbocycles. The Hall–Kier alpha value is -3.15. The number of phenolic OH excluding ortho intramolecular Hbond substituents is 3. The predicted molar refractivity (Wildman–Crippen MR) is 111 cm³/mol. The van der Waals surface area contributed by atoms with Crippen molar-refractivity contribution in [3.05, 3.63) is 45.1 Å². The minimum Gasteiger partial charge on any atom is -0.507 e. The van der Waals surface area contributed by atoms with Crippen molar-refractivity contribution >= 4 is 21.9 Å². The second-order valence-electron chi connectivity index (χ2n) is 8.44. The maximum Gasteiger partial charge on any atom is 0.204 e. The summed E-state index contributed by atoms with van der Waals surface area (Å²) in [6.45, 7) is 9.78. The Labute approximate surface area is 167 Å². The van der Waals surface area contributed by atoms with Crippen LogP contribution in [0.4, 0.5) is 0 Å². The van der Waals surface area contributed by atoms with E-state index in [-0.39, 0.29) is 39.5 Å². The van der Waals surface area contributed by atoms with Gasteiger partial charge in [-0.05, 0) is 39.3 Å². The maximum absolute atomic E-state index is 13.3. The Morgan fingerprint density at radius 3 is 2.48 bits per heavy atom. The summed E-state index contributed by atoms with van der Waals surface area (Å²) in [4.78, 5) is 13.3. The monoisotopic (exact) mass is 396 g/mol. The van der Waals surface area contributed by atoms with Crippen molar-refractivity contribution in [2.75, 3.05) is 0 Å². The zero-order chi connectivity index (χ0) is 21.2. The molecule has 0 bridgehead atoms. The van der Waals surface area contributed by atoms with Gasteiger partial charge in [0.25, 0.3) is 0 Å². The van der Waals surface area contributed by atoms with Gasteiger partial charge in [-0.15, -0.1) is 0 Å². The average molecular weight is 396 g/mol. The number of hydrogen-bond donors (Lipinski definition) is 3. The van der Waals surface area contributed by atoms with E-state index in [2.05, 4.69) is 0 Å². The third kappa shape index (κ3) is 2.58. The molecule has 0 aliphatic carbocycles. The van der Waals surface area contributed by atoms with Crippen LogP contribution in [0, 0.1) is 0 Å². The van der Waals surface area contributed by atoms with E-state index < -0.39 is 16.6 Å². The standard InChI is InChI=1S/C23H24O6/c1-10(2)6-7-13-20-15(19(27)16-21(13)28-11(3)23(16,4)5)17(25)12-8-9-14(24)18(26)22(12)29-20/h6,8-9,11,24,26-27H,7H2,1-5H3/t11-/m1/s1. The van der Waals surface area contributed by atoms with Crippen LogP contribution in [0.2, 0.25) is 0 Å². The van der Waals surface area contributed by atoms with Gasteiger partial charge >= 0.3 is 0 Å². The number of aromatic hydroxyl groups is 3. The van der Waals surface area contributed by atoms with Crippen molar-refractivity contribution in [2.45, 2.75) is 52.6 Å². The van der Waals surface area contributed by atoms with E-state index in [0.29, 0.717) is 23.3 Å². The van der Waals surface area contributed by atoms with Crippen LogP contribution in [-0.4, -0.2) is 21.4 Å². The first-order chi connectivity index (χ1) is 13.6. The number of fused-ring (bicyclic) bond motifs is 3. The molecule has 152 valence electrons. The molecular weight excluding hydrogens is 372 g/mol. The summed E-state index contributed by atoms with van der Waals surface area (Å²) in [6.07, 6.45) is 2.20. The van der Waals surface area contributed by atoms with Gasteiger partial charge in [-0.2, -0.15) is 0 Å². The molecule has 0 fully saturated rings. The highest BCUT2D eigenvalue weighted by Gasteiger charge is 2.44. The molecule has 0 amide bonds. The molecular formula is C23H24O6. The summed E-state index contributed by atoms with van der Waals surface area (Å²) in [5, 5.41) is 31.4. The van der Waals surface area contributed by atoms with Gasteiger partial charge in [0, 0.05) is 16.5 Å². The molecule has 3 N–H and O–H groups in total. The summed E-state index contributed by atoms with van der Waals surface area (Å²) < 4.78 is 12.0. The number of allylic oxidation sites excluding steroid dienone is 2. The first kappa shape index (κ1) is 19.2. The van der Waals surface area contributed by atoms with E-state index in [9.17, 15) is 20.1 Å². The highest BCUT2D eigenvalue weighted by Crippen LogP contribution is 2.53. The number of ether oxygens (including phenoxy) is 1. The first-order valence-corrected chi connectivity index (χ1v) is 9.55. The highest BCUT2D eigenvalue weighted by atomic mass is 16.5. The minimum atomic E-state index is -0.510. The lowest BCUT2D eigenvalue weighted by Crippen LogP contribution is -2.29. The van der Waals surface area contributed by atoms with Crippen LogP contribution < -0.4 is 10.2 Å². The van der Waals surface area contributed by atoms with Crippen LogP contribution >= 0.6 is 0 Å². The number of benzene rings is 2. The zero-order valence-corrected chi connectivity index (χ0v) is 17.1. The van der Waals surface area contributed by atoms with Crippen LogP contribution in [0.5, 0.6) is 23.0 Å². The lowest BCUT2D eigenvalue weighted by atomic mass is 9.79. The van der Waals surface area contributed by atoms with Crippen molar-refractivity contribution in [1.29, 1.82) is 0 Å². The summed E-state index contributed by atoms with van der Waals surface area (Å²) in [7, 11) is 0. The van der Waals surface area contributed by atoms with Gasteiger partial charge < -0.3 is 24.5 Å². The molecule has 1 aliphatic rings. The van der Waals surface area contributed by atoms with Crippen molar-refractivity contribution in [3.8, 4) is 23.0 Å². The van der Waals surface area contributed by atoms with E-state index in [1.165, 1.54) is 12.1 Å². The molecule has 0 spiro atoms. The molecule has 4 rings (SSSR count). The normalized spacial score (nSPS) is 17.3. The van der Waals surface area contributed by atoms with Gasteiger partial charge in [-0.25, -0.2) is 0 Å². The molecule has 3 aromatic rings. The molecule has 1 aromatic heterocycles. The van der Waals surface area contributed by atoms with Gasteiger partial charge in [0.05, 0.1) is 5.39 Å². The third-order valence-electron chi connectivity index (χ3n) is 5.93. The number of phenols is 3. The summed E-state index contributed by atoms with van der Waals surface area (Å²) in [5.74, 6) is -0.549. The molecule has 0 radical (unpaired) electrons. The first-order valence-electron chi connectivity index (χ1n) is 9.55. The smallest absolute Gasteiger partial charge is 0.204 e. The maximum atomic E-state index is 13.3. The van der Waals surface area contributed by atoms with Crippen molar-refractivity contribution < 1.29 is 24.5 Å². The topological polar surface area (TPSA) is 100 Å². The van der Waals surface area contributed by atoms with Gasteiger partial charge in [0.1, 0.15) is 28.6 Å². The van der Waals surface area contributed by atoms with Gasteiger partial charge in [-0.1, -0.05) is 25.5 Å². The summed E-state index contributed by atoms with van der Waals surface area (Å²) in [5.41, 5.74) is 1.36. The molecule has 1 aliphatic heterocycles. The molecule has 6 nitrogen and oxygen atoms in total. The van der Waals surface area contributed by atoms with Crippen LogP contribution in [-0.2, 0) is 11.8 Å². The number of rotatable bonds is 2. The Kier molecular flexibility index (Phi) is 4.08. The molecule has 2 heterocycles. The van der Waals surface area contributed by atoms with Crippen molar-refractivity contribution in [2.24, 2.45) is 0 Å². The van der Waals surface area contributed by atoms with E-state index in [1.807, 2.05) is 40.7 Å². The zero-order valence-electron chi connectivity index (χ0n) is 17.1. The predicted octanol–water partition coefficient (Wildman–Crippen LogP) is 4.63. The van der Waals surface area contributed by atoms with Crippen LogP contribution in [0.3, 0.4) is 0 Å². The van der Waals surface area contributed by atoms with E-state index in [1.54, 1.807) is 0 Å². The molecule has 29 heavy (non-hydrogen) atoms. The van der Waals surface area contributed by atoms with Gasteiger partial charge in [-0.3, -0.25) is 4.79 Å². The van der Waals surface area contributed by atoms with Crippen LogP contribution in [0.25, 0.3) is 21.9 Å². The Morgan fingerprint density at radius 1 is 1.14 bits per heavy atom. The molecule has 1 atom stereocenters. The fraction of sp³-hybridized carbons (Fsp3) is 0.348. The molecule has 6 heteroatoms. The lowest BCUT2D eigenvalue weighted by Gasteiger charge is -2.23. The fourth-order valence-electron chi connectivity index (χ4n) is 3.89. The van der Waals surface area contributed by atoms with E-state index in [4.69, 9.17) is 9.15 Å².